The highest BCUT2D eigenvalue weighted by Gasteiger charge is 2.23. The molecule has 1 aromatic heterocycles. The maximum atomic E-state index is 13.1. The lowest BCUT2D eigenvalue weighted by atomic mass is 10.2. The summed E-state index contributed by atoms with van der Waals surface area (Å²) in [5.41, 5.74) is 0.737. The Hall–Kier alpha value is -2.98. The summed E-state index contributed by atoms with van der Waals surface area (Å²) in [4.78, 5) is 33.2. The molecule has 1 amide bonds. The molecule has 2 heterocycles. The Morgan fingerprint density at radius 2 is 1.88 bits per heavy atom. The second-order valence-corrected chi connectivity index (χ2v) is 9.78. The van der Waals surface area contributed by atoms with Gasteiger partial charge in [0.25, 0.3) is 5.91 Å². The van der Waals surface area contributed by atoms with Crippen LogP contribution in [-0.2, 0) is 14.8 Å². The van der Waals surface area contributed by atoms with Crippen LogP contribution in [-0.4, -0.2) is 69.0 Å². The highest BCUT2D eigenvalue weighted by Crippen LogP contribution is 2.18. The van der Waals surface area contributed by atoms with Crippen LogP contribution in [0.15, 0.2) is 47.5 Å². The van der Waals surface area contributed by atoms with Gasteiger partial charge in [0, 0.05) is 44.0 Å². The molecule has 1 saturated heterocycles. The number of sulfonamides is 1. The van der Waals surface area contributed by atoms with E-state index in [-0.39, 0.29) is 16.8 Å². The van der Waals surface area contributed by atoms with Gasteiger partial charge >= 0.3 is 5.97 Å². The van der Waals surface area contributed by atoms with Gasteiger partial charge in [0.05, 0.1) is 17.1 Å². The van der Waals surface area contributed by atoms with Gasteiger partial charge in [0.1, 0.15) is 5.82 Å². The molecule has 0 saturated carbocycles. The molecule has 3 rings (SSSR count). The highest BCUT2D eigenvalue weighted by atomic mass is 32.2. The monoisotopic (exact) mass is 474 g/mol. The Bertz CT molecular complexity index is 1090. The lowest BCUT2D eigenvalue weighted by Gasteiger charge is -2.23. The van der Waals surface area contributed by atoms with Gasteiger partial charge in [0.2, 0.25) is 10.0 Å². The van der Waals surface area contributed by atoms with Crippen molar-refractivity contribution in [1.29, 1.82) is 0 Å². The first-order chi connectivity index (χ1) is 15.7. The third-order valence-electron chi connectivity index (χ3n) is 5.15. The van der Waals surface area contributed by atoms with Crippen LogP contribution in [0, 0.1) is 0 Å². The minimum Gasteiger partial charge on any atom is -0.462 e. The zero-order valence-electron chi connectivity index (χ0n) is 19.2. The zero-order valence-corrected chi connectivity index (χ0v) is 20.0. The van der Waals surface area contributed by atoms with Gasteiger partial charge in [-0.3, -0.25) is 4.79 Å². The largest absolute Gasteiger partial charge is 0.462 e. The molecule has 0 unspecified atom stereocenters. The number of nitrogens with one attached hydrogen (secondary N) is 1. The van der Waals surface area contributed by atoms with Gasteiger partial charge in [-0.1, -0.05) is 6.07 Å². The number of nitrogens with zero attached hydrogens (tertiary/aromatic N) is 3. The molecule has 9 nitrogen and oxygen atoms in total. The number of amides is 1. The summed E-state index contributed by atoms with van der Waals surface area (Å²) in [5.74, 6) is 0.117. The van der Waals surface area contributed by atoms with Gasteiger partial charge in [0.15, 0.2) is 0 Å². The summed E-state index contributed by atoms with van der Waals surface area (Å²) < 4.78 is 32.5. The van der Waals surface area contributed by atoms with Crippen LogP contribution < -0.4 is 9.62 Å². The van der Waals surface area contributed by atoms with Gasteiger partial charge in [-0.05, 0) is 57.5 Å². The number of rotatable bonds is 7. The number of hydrogen-bond donors (Lipinski definition) is 1. The fourth-order valence-electron chi connectivity index (χ4n) is 3.62. The van der Waals surface area contributed by atoms with Crippen molar-refractivity contribution < 1.29 is 22.7 Å². The molecule has 0 aliphatic carbocycles. The Balaban J connectivity index is 1.68. The first kappa shape index (κ1) is 24.7. The minimum atomic E-state index is -3.68. The molecule has 33 heavy (non-hydrogen) atoms. The van der Waals surface area contributed by atoms with E-state index < -0.39 is 16.0 Å². The fraction of sp³-hybridized carbons (Fsp3) is 0.435. The standard InChI is InChI=1S/C23H30N4O5S/c1-4-32-23(29)19-9-10-21(24-16-19)26-11-6-12-27(14-13-26)22(28)18-7-5-8-20(15-18)33(30,31)25-17(2)3/h5,7-10,15-17,25H,4,6,11-14H2,1-3H3. The van der Waals surface area contributed by atoms with Crippen LogP contribution in [0.5, 0.6) is 0 Å². The van der Waals surface area contributed by atoms with Crippen molar-refractivity contribution >= 4 is 27.7 Å². The van der Waals surface area contributed by atoms with Gasteiger partial charge in [-0.2, -0.15) is 0 Å². The molecule has 1 aliphatic heterocycles. The molecule has 1 N–H and O–H groups in total. The number of hydrogen-bond acceptors (Lipinski definition) is 7. The topological polar surface area (TPSA) is 109 Å². The molecule has 1 aromatic carbocycles. The maximum Gasteiger partial charge on any atom is 0.339 e. The molecule has 1 aliphatic rings. The summed E-state index contributed by atoms with van der Waals surface area (Å²) in [6, 6.07) is 9.34. The van der Waals surface area contributed by atoms with Crippen LogP contribution in [0.1, 0.15) is 47.9 Å². The number of carbonyl (C=O) groups excluding carboxylic acids is 2. The van der Waals surface area contributed by atoms with E-state index in [0.717, 1.165) is 12.2 Å². The second-order valence-electron chi connectivity index (χ2n) is 8.06. The van der Waals surface area contributed by atoms with Gasteiger partial charge < -0.3 is 14.5 Å². The molecule has 1 fully saturated rings. The first-order valence-corrected chi connectivity index (χ1v) is 12.5. The van der Waals surface area contributed by atoms with Crippen molar-refractivity contribution in [2.45, 2.75) is 38.1 Å². The molecule has 10 heteroatoms. The lowest BCUT2D eigenvalue weighted by molar-refractivity contribution is 0.0525. The minimum absolute atomic E-state index is 0.0735. The number of esters is 1. The third-order valence-corrected chi connectivity index (χ3v) is 6.80. The molecular weight excluding hydrogens is 444 g/mol. The predicted molar refractivity (Wildman–Crippen MR) is 125 cm³/mol. The normalized spacial score (nSPS) is 14.8. The summed E-state index contributed by atoms with van der Waals surface area (Å²) in [5, 5.41) is 0. The summed E-state index contributed by atoms with van der Waals surface area (Å²) in [6.45, 7) is 7.86. The molecule has 0 radical (unpaired) electrons. The van der Waals surface area contributed by atoms with E-state index in [0.29, 0.717) is 43.9 Å². The van der Waals surface area contributed by atoms with Crippen molar-refractivity contribution in [3.8, 4) is 0 Å². The van der Waals surface area contributed by atoms with Crippen molar-refractivity contribution in [3.05, 3.63) is 53.7 Å². The lowest BCUT2D eigenvalue weighted by Crippen LogP contribution is -2.35. The van der Waals surface area contributed by atoms with E-state index in [1.165, 1.54) is 18.3 Å². The second kappa shape index (κ2) is 10.8. The Morgan fingerprint density at radius 1 is 1.09 bits per heavy atom. The molecule has 178 valence electrons. The third kappa shape index (κ3) is 6.29. The molecular formula is C23H30N4O5S. The molecule has 0 bridgehead atoms. The first-order valence-electron chi connectivity index (χ1n) is 11.0. The van der Waals surface area contributed by atoms with Crippen LogP contribution in [0.2, 0.25) is 0 Å². The smallest absolute Gasteiger partial charge is 0.339 e. The number of pyridine rings is 1. The number of anilines is 1. The van der Waals surface area contributed by atoms with E-state index in [1.807, 2.05) is 0 Å². The Morgan fingerprint density at radius 3 is 2.55 bits per heavy atom. The SMILES string of the molecule is CCOC(=O)c1ccc(N2CCCN(C(=O)c3cccc(S(=O)(=O)NC(C)C)c3)CC2)nc1. The van der Waals surface area contributed by atoms with Crippen LogP contribution in [0.3, 0.4) is 0 Å². The van der Waals surface area contributed by atoms with Crippen molar-refractivity contribution in [2.24, 2.45) is 0 Å². The molecule has 2 aromatic rings. The van der Waals surface area contributed by atoms with E-state index in [1.54, 1.807) is 49.9 Å². The maximum absolute atomic E-state index is 13.1. The highest BCUT2D eigenvalue weighted by molar-refractivity contribution is 7.89. The average Bonchev–Trinajstić information content (AvgIpc) is 3.04. The summed E-state index contributed by atoms with van der Waals surface area (Å²) in [7, 11) is -3.68. The van der Waals surface area contributed by atoms with Crippen LogP contribution >= 0.6 is 0 Å². The zero-order chi connectivity index (χ0) is 24.0. The number of carbonyl (C=O) groups is 2. The van der Waals surface area contributed by atoms with Gasteiger partial charge in [-0.15, -0.1) is 0 Å². The quantitative estimate of drug-likeness (QED) is 0.613. The molecule has 0 atom stereocenters. The number of ether oxygens (including phenoxy) is 1. The van der Waals surface area contributed by atoms with Gasteiger partial charge in [-0.25, -0.2) is 22.9 Å². The van der Waals surface area contributed by atoms with E-state index >= 15 is 0 Å². The summed E-state index contributed by atoms with van der Waals surface area (Å²) in [6.07, 6.45) is 2.23. The van der Waals surface area contributed by atoms with Crippen molar-refractivity contribution in [1.82, 2.24) is 14.6 Å². The van der Waals surface area contributed by atoms with E-state index in [9.17, 15) is 18.0 Å². The molecule has 0 spiro atoms. The van der Waals surface area contributed by atoms with Crippen molar-refractivity contribution in [2.75, 3.05) is 37.7 Å². The predicted octanol–water partition coefficient (Wildman–Crippen LogP) is 2.30. The van der Waals surface area contributed by atoms with E-state index in [4.69, 9.17) is 4.74 Å². The fourth-order valence-corrected chi connectivity index (χ4v) is 4.91. The summed E-state index contributed by atoms with van der Waals surface area (Å²) >= 11 is 0. The van der Waals surface area contributed by atoms with Crippen molar-refractivity contribution in [3.63, 3.8) is 0 Å². The van der Waals surface area contributed by atoms with Crippen LogP contribution in [0.25, 0.3) is 0 Å². The Kier molecular flexibility index (Phi) is 8.04. The number of benzene rings is 1. The van der Waals surface area contributed by atoms with E-state index in [2.05, 4.69) is 14.6 Å². The number of aromatic nitrogens is 1. The average molecular weight is 475 g/mol. The van der Waals surface area contributed by atoms with Crippen LogP contribution in [0.4, 0.5) is 5.82 Å². The Labute approximate surface area is 194 Å².